The number of sulfonamides is 1. The molecule has 5 N–H and O–H groups in total. The van der Waals surface area contributed by atoms with E-state index in [1.807, 2.05) is 61.5 Å². The van der Waals surface area contributed by atoms with Crippen molar-refractivity contribution in [3.63, 3.8) is 0 Å². The second-order valence-corrected chi connectivity index (χ2v) is 13.7. The van der Waals surface area contributed by atoms with Crippen molar-refractivity contribution in [2.75, 3.05) is 31.6 Å². The van der Waals surface area contributed by atoms with E-state index in [9.17, 15) is 27.9 Å². The number of benzene rings is 3. The maximum absolute atomic E-state index is 13.2. The highest BCUT2D eigenvalue weighted by atomic mass is 32.2. The zero-order chi connectivity index (χ0) is 35.1. The van der Waals surface area contributed by atoms with Crippen LogP contribution in [0.5, 0.6) is 0 Å². The van der Waals surface area contributed by atoms with E-state index in [0.29, 0.717) is 30.0 Å². The summed E-state index contributed by atoms with van der Waals surface area (Å²) in [6.45, 7) is 4.73. The normalized spacial score (nSPS) is 16.8. The molecule has 3 aromatic carbocycles. The Morgan fingerprint density at radius 3 is 2.43 bits per heavy atom. The summed E-state index contributed by atoms with van der Waals surface area (Å²) < 4.78 is 39.8. The van der Waals surface area contributed by atoms with E-state index >= 15 is 0 Å². The van der Waals surface area contributed by atoms with Crippen molar-refractivity contribution in [2.24, 2.45) is 0 Å². The lowest BCUT2D eigenvalue weighted by atomic mass is 10.1. The number of amides is 2. The van der Waals surface area contributed by atoms with Gasteiger partial charge in [0.2, 0.25) is 21.9 Å². The number of carboxylic acid groups (broad SMARTS) is 1. The van der Waals surface area contributed by atoms with Crippen LogP contribution in [0.3, 0.4) is 0 Å². The number of para-hydroxylation sites is 2. The molecule has 1 aromatic heterocycles. The van der Waals surface area contributed by atoms with Crippen molar-refractivity contribution in [3.8, 4) is 0 Å². The number of hydrogen-bond donors (Lipinski definition) is 5. The van der Waals surface area contributed by atoms with Crippen molar-refractivity contribution >= 4 is 45.0 Å². The molecule has 0 radical (unpaired) electrons. The van der Waals surface area contributed by atoms with Gasteiger partial charge >= 0.3 is 12.1 Å². The Morgan fingerprint density at radius 2 is 1.73 bits per heavy atom. The number of aliphatic carboxylic acids is 1. The average molecular weight is 693 g/mol. The highest BCUT2D eigenvalue weighted by molar-refractivity contribution is 7.89. The molecule has 2 heterocycles. The van der Waals surface area contributed by atoms with Crippen LogP contribution in [0.2, 0.25) is 0 Å². The summed E-state index contributed by atoms with van der Waals surface area (Å²) in [6, 6.07) is 18.3. The van der Waals surface area contributed by atoms with Gasteiger partial charge in [-0.3, -0.25) is 9.59 Å². The van der Waals surface area contributed by atoms with Gasteiger partial charge in [-0.2, -0.15) is 4.72 Å². The van der Waals surface area contributed by atoms with Crippen LogP contribution in [0.25, 0.3) is 11.0 Å². The molecule has 3 unspecified atom stereocenters. The van der Waals surface area contributed by atoms with Crippen molar-refractivity contribution in [1.29, 1.82) is 0 Å². The number of carbonyl (C=O) groups is 3. The summed E-state index contributed by atoms with van der Waals surface area (Å²) in [5, 5.41) is 15.4. The Bertz CT molecular complexity index is 1860. The zero-order valence-electron chi connectivity index (χ0n) is 27.4. The first-order chi connectivity index (χ1) is 23.4. The Balaban J connectivity index is 1.17. The van der Waals surface area contributed by atoms with Gasteiger partial charge < -0.3 is 35.1 Å². The largest absolute Gasteiger partial charge is 0.480 e. The number of anilines is 1. The first kappa shape index (κ1) is 35.3. The fourth-order valence-corrected chi connectivity index (χ4v) is 7.58. The number of aromatic nitrogens is 2. The summed E-state index contributed by atoms with van der Waals surface area (Å²) in [6.07, 6.45) is -0.682. The zero-order valence-corrected chi connectivity index (χ0v) is 28.2. The molecule has 14 nitrogen and oxygen atoms in total. The predicted molar refractivity (Wildman–Crippen MR) is 181 cm³/mol. The van der Waals surface area contributed by atoms with E-state index in [-0.39, 0.29) is 24.1 Å². The first-order valence-corrected chi connectivity index (χ1v) is 17.2. The minimum atomic E-state index is -4.21. The van der Waals surface area contributed by atoms with Crippen LogP contribution in [0.4, 0.5) is 10.7 Å². The third-order valence-electron chi connectivity index (χ3n) is 8.13. The number of likely N-dealkylation sites (tertiary alicyclic amines) is 1. The number of aryl methyl sites for hydroxylation is 3. The highest BCUT2D eigenvalue weighted by Crippen LogP contribution is 2.24. The van der Waals surface area contributed by atoms with Gasteiger partial charge in [0.15, 0.2) is 0 Å². The molecule has 0 aliphatic carbocycles. The maximum Gasteiger partial charge on any atom is 0.410 e. The number of aromatic amines is 1. The maximum atomic E-state index is 13.2. The standard InChI is InChI=1S/C34H40N6O8S/c1-21-13-22(2)31(23(3)14-21)49(45,46)39-29(32(42)43)17-35-30(41)20-47-26-15-25(16-36-33-37-27-11-7-8-12-28(27)38-33)40(18-26)34(44)48-19-24-9-5-4-6-10-24/h4-14,25-26,29,39H,15-20H2,1-3H3,(H,35,41)(H,42,43)(H2,36,37,38). The van der Waals surface area contributed by atoms with Crippen molar-refractivity contribution in [1.82, 2.24) is 24.9 Å². The molecule has 5 rings (SSSR count). The summed E-state index contributed by atoms with van der Waals surface area (Å²) in [5.41, 5.74) is 4.32. The number of nitrogens with zero attached hydrogens (tertiary/aromatic N) is 2. The summed E-state index contributed by atoms with van der Waals surface area (Å²) >= 11 is 0. The van der Waals surface area contributed by atoms with Crippen molar-refractivity contribution < 1.29 is 37.4 Å². The summed E-state index contributed by atoms with van der Waals surface area (Å²) in [4.78, 5) is 47.1. The SMILES string of the molecule is Cc1cc(C)c(S(=O)(=O)NC(CNC(=O)COC2CC(CNc3nc4ccccc4[nH]3)N(C(=O)OCc3ccccc3)C2)C(=O)O)c(C)c1. The molecule has 1 aliphatic rings. The molecule has 1 fully saturated rings. The smallest absolute Gasteiger partial charge is 0.410 e. The Kier molecular flexibility index (Phi) is 11.2. The highest BCUT2D eigenvalue weighted by Gasteiger charge is 2.37. The molecule has 1 aliphatic heterocycles. The van der Waals surface area contributed by atoms with E-state index in [4.69, 9.17) is 9.47 Å². The quantitative estimate of drug-likeness (QED) is 0.131. The van der Waals surface area contributed by atoms with Gasteiger partial charge in [0.05, 0.1) is 34.6 Å². The van der Waals surface area contributed by atoms with Crippen LogP contribution >= 0.6 is 0 Å². The number of carboxylic acids is 1. The molecule has 260 valence electrons. The monoisotopic (exact) mass is 692 g/mol. The molecule has 0 spiro atoms. The molecule has 3 atom stereocenters. The van der Waals surface area contributed by atoms with E-state index in [1.165, 1.54) is 0 Å². The molecule has 1 saturated heterocycles. The summed E-state index contributed by atoms with van der Waals surface area (Å²) in [5.74, 6) is -1.55. The second kappa shape index (κ2) is 15.5. The minimum absolute atomic E-state index is 0.00328. The summed E-state index contributed by atoms with van der Waals surface area (Å²) in [7, 11) is -4.21. The van der Waals surface area contributed by atoms with Crippen LogP contribution in [0.15, 0.2) is 71.6 Å². The minimum Gasteiger partial charge on any atom is -0.480 e. The molecular formula is C34H40N6O8S. The number of carbonyl (C=O) groups excluding carboxylic acids is 2. The van der Waals surface area contributed by atoms with E-state index < -0.39 is 53.3 Å². The van der Waals surface area contributed by atoms with Crippen LogP contribution in [-0.2, 0) is 35.7 Å². The van der Waals surface area contributed by atoms with Crippen LogP contribution in [-0.4, -0.2) is 90.8 Å². The fourth-order valence-electron chi connectivity index (χ4n) is 5.94. The Morgan fingerprint density at radius 1 is 1.04 bits per heavy atom. The molecular weight excluding hydrogens is 652 g/mol. The molecule has 0 bridgehead atoms. The predicted octanol–water partition coefficient (Wildman–Crippen LogP) is 3.24. The van der Waals surface area contributed by atoms with Gasteiger partial charge in [-0.25, -0.2) is 18.2 Å². The van der Waals surface area contributed by atoms with Crippen molar-refractivity contribution in [2.45, 2.75) is 56.9 Å². The second-order valence-electron chi connectivity index (χ2n) is 12.0. The fraction of sp³-hybridized carbons (Fsp3) is 0.353. The van der Waals surface area contributed by atoms with Gasteiger partial charge in [0, 0.05) is 13.1 Å². The Labute approximate surface area is 284 Å². The lowest BCUT2D eigenvalue weighted by Crippen LogP contribution is -2.49. The first-order valence-electron chi connectivity index (χ1n) is 15.8. The number of H-pyrrole nitrogens is 1. The number of imidazole rings is 1. The molecule has 49 heavy (non-hydrogen) atoms. The number of rotatable bonds is 14. The average Bonchev–Trinajstić information content (AvgIpc) is 3.67. The molecule has 0 saturated carbocycles. The van der Waals surface area contributed by atoms with Crippen LogP contribution in [0, 0.1) is 20.8 Å². The lowest BCUT2D eigenvalue weighted by molar-refractivity contribution is -0.139. The third kappa shape index (κ3) is 9.13. The van der Waals surface area contributed by atoms with Gasteiger partial charge in [-0.15, -0.1) is 0 Å². The van der Waals surface area contributed by atoms with Gasteiger partial charge in [0.1, 0.15) is 19.3 Å². The number of fused-ring (bicyclic) bond motifs is 1. The topological polar surface area (TPSA) is 192 Å². The molecule has 4 aromatic rings. The Hall–Kier alpha value is -4.99. The van der Waals surface area contributed by atoms with E-state index in [2.05, 4.69) is 25.3 Å². The molecule has 15 heteroatoms. The van der Waals surface area contributed by atoms with E-state index in [0.717, 1.165) is 22.2 Å². The van der Waals surface area contributed by atoms with Gasteiger partial charge in [0.25, 0.3) is 0 Å². The third-order valence-corrected chi connectivity index (χ3v) is 9.91. The van der Waals surface area contributed by atoms with Crippen molar-refractivity contribution in [3.05, 3.63) is 89.0 Å². The van der Waals surface area contributed by atoms with Crippen LogP contribution in [0.1, 0.15) is 28.7 Å². The number of nitrogens with one attached hydrogen (secondary N) is 4. The van der Waals surface area contributed by atoms with Crippen LogP contribution < -0.4 is 15.4 Å². The lowest BCUT2D eigenvalue weighted by Gasteiger charge is -2.24. The van der Waals surface area contributed by atoms with E-state index in [1.54, 1.807) is 30.9 Å². The number of ether oxygens (including phenoxy) is 2. The number of hydrogen-bond acceptors (Lipinski definition) is 9. The molecule has 2 amide bonds. The van der Waals surface area contributed by atoms with Gasteiger partial charge in [-0.05, 0) is 56.0 Å². The van der Waals surface area contributed by atoms with Gasteiger partial charge in [-0.1, -0.05) is 60.2 Å².